The maximum atomic E-state index is 13.1. The quantitative estimate of drug-likeness (QED) is 0.687. The van der Waals surface area contributed by atoms with Crippen LogP contribution in [0.25, 0.3) is 22.4 Å². The normalized spacial score (nSPS) is 16.7. The monoisotopic (exact) mass is 402 g/mol. The molecule has 1 fully saturated rings. The molecule has 3 aromatic rings. The highest BCUT2D eigenvalue weighted by Gasteiger charge is 2.28. The van der Waals surface area contributed by atoms with Crippen molar-refractivity contribution in [3.05, 3.63) is 40.3 Å². The molecule has 0 bridgehead atoms. The molecule has 1 saturated heterocycles. The van der Waals surface area contributed by atoms with E-state index in [1.165, 1.54) is 15.2 Å². The van der Waals surface area contributed by atoms with Crippen molar-refractivity contribution in [2.75, 3.05) is 33.2 Å². The van der Waals surface area contributed by atoms with Crippen molar-refractivity contribution < 1.29 is 8.42 Å². The predicted octanol–water partition coefficient (Wildman–Crippen LogP) is 0.568. The average Bonchev–Trinajstić information content (AvgIpc) is 3.03. The molecule has 3 heterocycles. The standard InChI is InChI=1S/C18H22N6O3S/c1-12-4-5-13(28(26,27)24-8-6-22(2)7-9-24)10-14(12)17-20-15-11-19-23(3)16(15)18(25)21-17/h4-5,10-11H,6-9H2,1-3H3,(H,20,21,25). The first-order valence-corrected chi connectivity index (χ1v) is 10.4. The van der Waals surface area contributed by atoms with E-state index in [0.29, 0.717) is 48.6 Å². The zero-order valence-electron chi connectivity index (χ0n) is 16.0. The van der Waals surface area contributed by atoms with Crippen molar-refractivity contribution in [2.45, 2.75) is 11.8 Å². The number of hydrogen-bond donors (Lipinski definition) is 1. The van der Waals surface area contributed by atoms with Gasteiger partial charge in [-0.2, -0.15) is 9.40 Å². The van der Waals surface area contributed by atoms with Crippen molar-refractivity contribution in [1.29, 1.82) is 0 Å². The van der Waals surface area contributed by atoms with Gasteiger partial charge in [-0.3, -0.25) is 9.48 Å². The van der Waals surface area contributed by atoms with Gasteiger partial charge in [-0.15, -0.1) is 0 Å². The number of hydrogen-bond acceptors (Lipinski definition) is 6. The van der Waals surface area contributed by atoms with E-state index >= 15 is 0 Å². The van der Waals surface area contributed by atoms with Crippen molar-refractivity contribution in [2.24, 2.45) is 7.05 Å². The first-order chi connectivity index (χ1) is 13.3. The number of H-pyrrole nitrogens is 1. The molecule has 0 atom stereocenters. The van der Waals surface area contributed by atoms with Crippen LogP contribution in [0.4, 0.5) is 0 Å². The number of piperazine rings is 1. The van der Waals surface area contributed by atoms with Crippen LogP contribution in [0.2, 0.25) is 0 Å². The molecule has 1 aliphatic heterocycles. The summed E-state index contributed by atoms with van der Waals surface area (Å²) in [6.07, 6.45) is 1.52. The Balaban J connectivity index is 1.79. The molecule has 4 rings (SSSR count). The fourth-order valence-corrected chi connectivity index (χ4v) is 4.86. The highest BCUT2D eigenvalue weighted by Crippen LogP contribution is 2.26. The minimum Gasteiger partial charge on any atom is -0.305 e. The first kappa shape index (κ1) is 18.8. The Morgan fingerprint density at radius 2 is 1.82 bits per heavy atom. The van der Waals surface area contributed by atoms with E-state index < -0.39 is 10.0 Å². The lowest BCUT2D eigenvalue weighted by Gasteiger charge is -2.31. The number of fused-ring (bicyclic) bond motifs is 1. The molecule has 1 aromatic carbocycles. The zero-order valence-corrected chi connectivity index (χ0v) is 16.8. The van der Waals surface area contributed by atoms with E-state index in [-0.39, 0.29) is 10.5 Å². The molecule has 148 valence electrons. The number of aromatic nitrogens is 4. The van der Waals surface area contributed by atoms with Crippen molar-refractivity contribution >= 4 is 21.1 Å². The van der Waals surface area contributed by atoms with Crippen LogP contribution in [0.5, 0.6) is 0 Å². The van der Waals surface area contributed by atoms with Crippen molar-refractivity contribution in [1.82, 2.24) is 29.0 Å². The van der Waals surface area contributed by atoms with Gasteiger partial charge < -0.3 is 9.88 Å². The number of aromatic amines is 1. The Labute approximate surface area is 162 Å². The van der Waals surface area contributed by atoms with E-state index in [4.69, 9.17) is 0 Å². The lowest BCUT2D eigenvalue weighted by Crippen LogP contribution is -2.47. The third-order valence-corrected chi connectivity index (χ3v) is 7.06. The second kappa shape index (κ2) is 6.80. The summed E-state index contributed by atoms with van der Waals surface area (Å²) in [6, 6.07) is 4.93. The number of benzene rings is 1. The van der Waals surface area contributed by atoms with Gasteiger partial charge in [-0.05, 0) is 31.7 Å². The van der Waals surface area contributed by atoms with Gasteiger partial charge in [-0.25, -0.2) is 13.4 Å². The Morgan fingerprint density at radius 3 is 2.54 bits per heavy atom. The molecule has 0 unspecified atom stereocenters. The van der Waals surface area contributed by atoms with Crippen LogP contribution in [-0.4, -0.2) is 70.6 Å². The van der Waals surface area contributed by atoms with Crippen molar-refractivity contribution in [3.8, 4) is 11.4 Å². The van der Waals surface area contributed by atoms with E-state index in [9.17, 15) is 13.2 Å². The van der Waals surface area contributed by atoms with Crippen LogP contribution < -0.4 is 5.56 Å². The highest BCUT2D eigenvalue weighted by molar-refractivity contribution is 7.89. The van der Waals surface area contributed by atoms with Crippen LogP contribution in [0.3, 0.4) is 0 Å². The van der Waals surface area contributed by atoms with Gasteiger partial charge in [0.15, 0.2) is 5.52 Å². The predicted molar refractivity (Wildman–Crippen MR) is 106 cm³/mol. The van der Waals surface area contributed by atoms with Gasteiger partial charge in [0, 0.05) is 38.8 Å². The molecule has 0 aliphatic carbocycles. The van der Waals surface area contributed by atoms with Gasteiger partial charge in [0.2, 0.25) is 10.0 Å². The van der Waals surface area contributed by atoms with E-state index in [0.717, 1.165) is 5.56 Å². The second-order valence-corrected chi connectivity index (χ2v) is 9.04. The minimum absolute atomic E-state index is 0.201. The average molecular weight is 402 g/mol. The lowest BCUT2D eigenvalue weighted by molar-refractivity contribution is 0.222. The number of likely N-dealkylation sites (N-methyl/N-ethyl adjacent to an activating group) is 1. The number of sulfonamides is 1. The first-order valence-electron chi connectivity index (χ1n) is 8.99. The number of nitrogens with one attached hydrogen (secondary N) is 1. The molecule has 28 heavy (non-hydrogen) atoms. The van der Waals surface area contributed by atoms with E-state index in [1.54, 1.807) is 25.2 Å². The third-order valence-electron chi connectivity index (χ3n) is 5.16. The molecule has 1 N–H and O–H groups in total. The maximum absolute atomic E-state index is 13.1. The van der Waals surface area contributed by atoms with E-state index in [2.05, 4.69) is 20.0 Å². The molecule has 0 spiro atoms. The summed E-state index contributed by atoms with van der Waals surface area (Å²) < 4.78 is 29.1. The van der Waals surface area contributed by atoms with Gasteiger partial charge in [0.1, 0.15) is 11.3 Å². The number of rotatable bonds is 3. The highest BCUT2D eigenvalue weighted by atomic mass is 32.2. The van der Waals surface area contributed by atoms with Crippen LogP contribution >= 0.6 is 0 Å². The van der Waals surface area contributed by atoms with Crippen molar-refractivity contribution in [3.63, 3.8) is 0 Å². The van der Waals surface area contributed by atoms with Gasteiger partial charge in [0.05, 0.1) is 11.1 Å². The summed E-state index contributed by atoms with van der Waals surface area (Å²) in [5, 5.41) is 4.07. The van der Waals surface area contributed by atoms with Crippen LogP contribution in [0, 0.1) is 6.92 Å². The molecular formula is C18H22N6O3S. The SMILES string of the molecule is Cc1ccc(S(=O)(=O)N2CCN(C)CC2)cc1-c1nc2cnn(C)c2c(=O)[nH]1. The lowest BCUT2D eigenvalue weighted by atomic mass is 10.1. The molecule has 9 nitrogen and oxygen atoms in total. The summed E-state index contributed by atoms with van der Waals surface area (Å²) in [5.41, 5.74) is 1.93. The van der Waals surface area contributed by atoms with Crippen LogP contribution in [-0.2, 0) is 17.1 Å². The third kappa shape index (κ3) is 3.13. The largest absolute Gasteiger partial charge is 0.305 e. The zero-order chi connectivity index (χ0) is 20.1. The number of nitrogens with zero attached hydrogens (tertiary/aromatic N) is 5. The molecule has 0 amide bonds. The summed E-state index contributed by atoms with van der Waals surface area (Å²) in [7, 11) is 0.0399. The summed E-state index contributed by atoms with van der Waals surface area (Å²) in [6.45, 7) is 4.17. The van der Waals surface area contributed by atoms with Crippen LogP contribution in [0.1, 0.15) is 5.56 Å². The fraction of sp³-hybridized carbons (Fsp3) is 0.389. The molecule has 1 aliphatic rings. The maximum Gasteiger partial charge on any atom is 0.277 e. The van der Waals surface area contributed by atoms with Gasteiger partial charge in [0.25, 0.3) is 5.56 Å². The number of aryl methyl sites for hydroxylation is 2. The Bertz CT molecular complexity index is 1210. The Hall–Kier alpha value is -2.56. The summed E-state index contributed by atoms with van der Waals surface area (Å²) >= 11 is 0. The molecule has 0 radical (unpaired) electrons. The summed E-state index contributed by atoms with van der Waals surface area (Å²) in [4.78, 5) is 22.0. The molecule has 10 heteroatoms. The fourth-order valence-electron chi connectivity index (χ4n) is 3.41. The molecule has 0 saturated carbocycles. The molecular weight excluding hydrogens is 380 g/mol. The topological polar surface area (TPSA) is 104 Å². The smallest absolute Gasteiger partial charge is 0.277 e. The van der Waals surface area contributed by atoms with Gasteiger partial charge in [-0.1, -0.05) is 6.07 Å². The van der Waals surface area contributed by atoms with E-state index in [1.807, 2.05) is 14.0 Å². The second-order valence-electron chi connectivity index (χ2n) is 7.10. The Morgan fingerprint density at radius 1 is 1.11 bits per heavy atom. The summed E-state index contributed by atoms with van der Waals surface area (Å²) in [5.74, 6) is 0.332. The Kier molecular flexibility index (Phi) is 4.56. The molecule has 2 aromatic heterocycles. The minimum atomic E-state index is -3.61. The van der Waals surface area contributed by atoms with Crippen LogP contribution in [0.15, 0.2) is 34.1 Å². The van der Waals surface area contributed by atoms with Gasteiger partial charge >= 0.3 is 0 Å².